The van der Waals surface area contributed by atoms with Crippen molar-refractivity contribution in [1.82, 2.24) is 14.9 Å². The average Bonchev–Trinajstić information content (AvgIpc) is 2.94. The molecule has 0 N–H and O–H groups in total. The summed E-state index contributed by atoms with van der Waals surface area (Å²) in [4.78, 5) is 13.1. The number of halogens is 1. The molecule has 0 amide bonds. The summed E-state index contributed by atoms with van der Waals surface area (Å²) in [7, 11) is 0. The van der Waals surface area contributed by atoms with Crippen LogP contribution in [-0.4, -0.2) is 47.1 Å². The van der Waals surface area contributed by atoms with E-state index in [1.807, 2.05) is 0 Å². The van der Waals surface area contributed by atoms with Crippen LogP contribution in [0, 0.1) is 0 Å². The molecule has 0 spiro atoms. The van der Waals surface area contributed by atoms with E-state index in [0.717, 1.165) is 38.0 Å². The molecule has 2 heterocycles. The lowest BCUT2D eigenvalue weighted by molar-refractivity contribution is 0.187. The molecule has 1 aliphatic carbocycles. The van der Waals surface area contributed by atoms with Crippen LogP contribution < -0.4 is 4.90 Å². The van der Waals surface area contributed by atoms with Gasteiger partial charge in [-0.05, 0) is 12.8 Å². The second kappa shape index (κ2) is 5.41. The van der Waals surface area contributed by atoms with Gasteiger partial charge in [0.2, 0.25) is 0 Å². The van der Waals surface area contributed by atoms with E-state index in [-0.39, 0.29) is 0 Å². The summed E-state index contributed by atoms with van der Waals surface area (Å²) >= 11 is 6.14. The molecule has 98 valence electrons. The Morgan fingerprint density at radius 3 is 2.50 bits per heavy atom. The largest absolute Gasteiger partial charge is 0.353 e. The quantitative estimate of drug-likeness (QED) is 0.822. The molecule has 0 radical (unpaired) electrons. The Hall–Kier alpha value is -0.870. The number of hydrogen-bond donors (Lipinski definition) is 0. The van der Waals surface area contributed by atoms with Crippen molar-refractivity contribution in [2.75, 3.05) is 31.1 Å². The number of piperazine rings is 1. The van der Waals surface area contributed by atoms with E-state index in [1.165, 1.54) is 25.7 Å². The molecule has 3 rings (SSSR count). The van der Waals surface area contributed by atoms with Crippen LogP contribution in [0.1, 0.15) is 25.7 Å². The molecule has 0 atom stereocenters. The van der Waals surface area contributed by atoms with E-state index in [0.29, 0.717) is 5.02 Å². The maximum atomic E-state index is 6.14. The van der Waals surface area contributed by atoms with Crippen molar-refractivity contribution in [2.24, 2.45) is 0 Å². The van der Waals surface area contributed by atoms with E-state index in [9.17, 15) is 0 Å². The van der Waals surface area contributed by atoms with Gasteiger partial charge in [-0.1, -0.05) is 24.4 Å². The first-order valence-electron chi connectivity index (χ1n) is 6.79. The van der Waals surface area contributed by atoms with Crippen LogP contribution in [0.5, 0.6) is 0 Å². The summed E-state index contributed by atoms with van der Waals surface area (Å²) in [6.45, 7) is 4.30. The van der Waals surface area contributed by atoms with Gasteiger partial charge < -0.3 is 4.90 Å². The predicted molar refractivity (Wildman–Crippen MR) is 73.1 cm³/mol. The van der Waals surface area contributed by atoms with Crippen molar-refractivity contribution < 1.29 is 0 Å². The molecule has 4 nitrogen and oxygen atoms in total. The van der Waals surface area contributed by atoms with E-state index < -0.39 is 0 Å². The SMILES string of the molecule is Clc1cncnc1N1CCN(C2CCCC2)CC1. The van der Waals surface area contributed by atoms with Gasteiger partial charge in [0, 0.05) is 32.2 Å². The summed E-state index contributed by atoms with van der Waals surface area (Å²) in [5.74, 6) is 0.887. The van der Waals surface area contributed by atoms with Crippen molar-refractivity contribution in [2.45, 2.75) is 31.7 Å². The maximum absolute atomic E-state index is 6.14. The highest BCUT2D eigenvalue weighted by Gasteiger charge is 2.27. The lowest BCUT2D eigenvalue weighted by Gasteiger charge is -2.38. The number of rotatable bonds is 2. The molecule has 2 aliphatic rings. The summed E-state index contributed by atoms with van der Waals surface area (Å²) in [6, 6.07) is 0.827. The Balaban J connectivity index is 1.61. The number of anilines is 1. The molecule has 0 unspecified atom stereocenters. The van der Waals surface area contributed by atoms with Crippen molar-refractivity contribution >= 4 is 17.4 Å². The molecule has 5 heteroatoms. The van der Waals surface area contributed by atoms with Gasteiger partial charge in [-0.25, -0.2) is 9.97 Å². The van der Waals surface area contributed by atoms with Crippen LogP contribution in [0.3, 0.4) is 0 Å². The zero-order valence-corrected chi connectivity index (χ0v) is 11.3. The zero-order chi connectivity index (χ0) is 12.4. The molecule has 1 saturated carbocycles. The topological polar surface area (TPSA) is 32.3 Å². The number of hydrogen-bond acceptors (Lipinski definition) is 4. The van der Waals surface area contributed by atoms with Crippen molar-refractivity contribution in [1.29, 1.82) is 0 Å². The third kappa shape index (κ3) is 2.45. The van der Waals surface area contributed by atoms with Crippen LogP contribution in [-0.2, 0) is 0 Å². The monoisotopic (exact) mass is 266 g/mol. The highest BCUT2D eigenvalue weighted by Crippen LogP contribution is 2.27. The normalized spacial score (nSPS) is 22.6. The Morgan fingerprint density at radius 2 is 1.83 bits per heavy atom. The van der Waals surface area contributed by atoms with Gasteiger partial charge in [-0.2, -0.15) is 0 Å². The minimum absolute atomic E-state index is 0.659. The minimum atomic E-state index is 0.659. The zero-order valence-electron chi connectivity index (χ0n) is 10.6. The van der Waals surface area contributed by atoms with Gasteiger partial charge in [-0.15, -0.1) is 0 Å². The molecule has 18 heavy (non-hydrogen) atoms. The van der Waals surface area contributed by atoms with E-state index >= 15 is 0 Å². The molecular formula is C13H19ClN4. The van der Waals surface area contributed by atoms with Gasteiger partial charge in [0.05, 0.1) is 6.20 Å². The minimum Gasteiger partial charge on any atom is -0.353 e. The van der Waals surface area contributed by atoms with Crippen molar-refractivity contribution in [3.63, 3.8) is 0 Å². The predicted octanol–water partition coefficient (Wildman–Crippen LogP) is 2.19. The Kier molecular flexibility index (Phi) is 3.66. The van der Waals surface area contributed by atoms with Gasteiger partial charge in [0.25, 0.3) is 0 Å². The second-order valence-corrected chi connectivity index (χ2v) is 5.56. The second-order valence-electron chi connectivity index (χ2n) is 5.16. The third-order valence-electron chi connectivity index (χ3n) is 4.10. The van der Waals surface area contributed by atoms with Crippen LogP contribution in [0.4, 0.5) is 5.82 Å². The molecule has 1 aromatic heterocycles. The first-order valence-corrected chi connectivity index (χ1v) is 7.17. The van der Waals surface area contributed by atoms with E-state index in [2.05, 4.69) is 19.8 Å². The first-order chi connectivity index (χ1) is 8.84. The van der Waals surface area contributed by atoms with Gasteiger partial charge in [0.15, 0.2) is 5.82 Å². The van der Waals surface area contributed by atoms with Crippen LogP contribution in [0.25, 0.3) is 0 Å². The van der Waals surface area contributed by atoms with Crippen LogP contribution in [0.15, 0.2) is 12.5 Å². The maximum Gasteiger partial charge on any atom is 0.150 e. The summed E-state index contributed by atoms with van der Waals surface area (Å²) in [5, 5.41) is 0.659. The highest BCUT2D eigenvalue weighted by atomic mass is 35.5. The number of nitrogens with zero attached hydrogens (tertiary/aromatic N) is 4. The van der Waals surface area contributed by atoms with Crippen molar-refractivity contribution in [3.05, 3.63) is 17.5 Å². The average molecular weight is 267 g/mol. The van der Waals surface area contributed by atoms with Gasteiger partial charge in [-0.3, -0.25) is 4.90 Å². The Morgan fingerprint density at radius 1 is 1.11 bits per heavy atom. The van der Waals surface area contributed by atoms with Gasteiger partial charge >= 0.3 is 0 Å². The van der Waals surface area contributed by atoms with E-state index in [4.69, 9.17) is 11.6 Å². The number of aromatic nitrogens is 2. The van der Waals surface area contributed by atoms with Crippen molar-refractivity contribution in [3.8, 4) is 0 Å². The molecule has 1 aliphatic heterocycles. The Bertz CT molecular complexity index is 398. The lowest BCUT2D eigenvalue weighted by Crippen LogP contribution is -2.50. The fraction of sp³-hybridized carbons (Fsp3) is 0.692. The van der Waals surface area contributed by atoms with Crippen LogP contribution in [0.2, 0.25) is 5.02 Å². The molecule has 0 bridgehead atoms. The van der Waals surface area contributed by atoms with Gasteiger partial charge in [0.1, 0.15) is 11.3 Å². The summed E-state index contributed by atoms with van der Waals surface area (Å²) < 4.78 is 0. The molecule has 1 aromatic rings. The fourth-order valence-electron chi connectivity index (χ4n) is 3.11. The summed E-state index contributed by atoms with van der Waals surface area (Å²) in [5.41, 5.74) is 0. The summed E-state index contributed by atoms with van der Waals surface area (Å²) in [6.07, 6.45) is 8.82. The standard InChI is InChI=1S/C13H19ClN4/c14-12-9-15-10-16-13(12)18-7-5-17(6-8-18)11-3-1-2-4-11/h9-11H,1-8H2. The fourth-order valence-corrected chi connectivity index (χ4v) is 3.33. The molecular weight excluding hydrogens is 248 g/mol. The third-order valence-corrected chi connectivity index (χ3v) is 4.37. The first kappa shape index (κ1) is 12.2. The lowest BCUT2D eigenvalue weighted by atomic mass is 10.2. The Labute approximate surface area is 113 Å². The van der Waals surface area contributed by atoms with E-state index in [1.54, 1.807) is 12.5 Å². The molecule has 2 fully saturated rings. The smallest absolute Gasteiger partial charge is 0.150 e. The van der Waals surface area contributed by atoms with Crippen LogP contribution >= 0.6 is 11.6 Å². The molecule has 1 saturated heterocycles. The highest BCUT2D eigenvalue weighted by molar-refractivity contribution is 6.32. The molecule has 0 aromatic carbocycles.